The van der Waals surface area contributed by atoms with Crippen molar-refractivity contribution in [3.05, 3.63) is 29.6 Å². The van der Waals surface area contributed by atoms with Gasteiger partial charge >= 0.3 is 13.1 Å². The van der Waals surface area contributed by atoms with Crippen LogP contribution in [0.1, 0.15) is 46.1 Å². The van der Waals surface area contributed by atoms with Crippen LogP contribution in [0.3, 0.4) is 0 Å². The Morgan fingerprint density at radius 3 is 2.17 bits per heavy atom. The maximum atomic E-state index is 14.6. The van der Waals surface area contributed by atoms with Crippen LogP contribution >= 0.6 is 0 Å². The van der Waals surface area contributed by atoms with Crippen molar-refractivity contribution in [1.82, 2.24) is 0 Å². The highest BCUT2D eigenvalue weighted by molar-refractivity contribution is 6.62. The molecule has 2 aliphatic rings. The van der Waals surface area contributed by atoms with Crippen LogP contribution in [-0.4, -0.2) is 31.4 Å². The van der Waals surface area contributed by atoms with Gasteiger partial charge in [-0.2, -0.15) is 0 Å². The Kier molecular flexibility index (Phi) is 3.61. The number of carbonyl (C=O) groups excluding carboxylic acids is 1. The van der Waals surface area contributed by atoms with Crippen LogP contribution in [0.15, 0.2) is 18.2 Å². The number of ether oxygens (including phenoxy) is 1. The van der Waals surface area contributed by atoms with Gasteiger partial charge in [0.1, 0.15) is 5.82 Å². The van der Waals surface area contributed by atoms with E-state index in [1.165, 1.54) is 13.2 Å². The molecule has 23 heavy (non-hydrogen) atoms. The second-order valence-electron chi connectivity index (χ2n) is 7.40. The monoisotopic (exact) mass is 320 g/mol. The Hall–Kier alpha value is -1.40. The first-order valence-electron chi connectivity index (χ1n) is 7.87. The molecule has 124 valence electrons. The fraction of sp³-hybridized carbons (Fsp3) is 0.588. The van der Waals surface area contributed by atoms with Gasteiger partial charge in [-0.25, -0.2) is 4.39 Å². The highest BCUT2D eigenvalue weighted by Gasteiger charge is 2.54. The molecule has 0 bridgehead atoms. The normalized spacial score (nSPS) is 23.7. The molecule has 0 amide bonds. The zero-order chi connectivity index (χ0) is 17.0. The van der Waals surface area contributed by atoms with Gasteiger partial charge in [-0.3, -0.25) is 4.79 Å². The molecule has 0 radical (unpaired) electrons. The standard InChI is InChI=1S/C17H22BFO4/c1-15(2)16(3,4)23-18(22-15)12-7-6-11(10-13(12)19)17(8-9-17)14(20)21-5/h6-7,10H,8-9H2,1-5H3. The predicted molar refractivity (Wildman–Crippen MR) is 85.0 cm³/mol. The molecule has 6 heteroatoms. The third kappa shape index (κ3) is 2.48. The van der Waals surface area contributed by atoms with Gasteiger partial charge in [0.25, 0.3) is 0 Å². The summed E-state index contributed by atoms with van der Waals surface area (Å²) in [5.74, 6) is -0.725. The first-order chi connectivity index (χ1) is 10.6. The SMILES string of the molecule is COC(=O)C1(c2ccc(B3OC(C)(C)C(C)(C)O3)c(F)c2)CC1. The van der Waals surface area contributed by atoms with Crippen LogP contribution in [0.4, 0.5) is 4.39 Å². The smallest absolute Gasteiger partial charge is 0.468 e. The van der Waals surface area contributed by atoms with E-state index < -0.39 is 29.6 Å². The van der Waals surface area contributed by atoms with E-state index in [1.54, 1.807) is 12.1 Å². The van der Waals surface area contributed by atoms with E-state index in [2.05, 4.69) is 0 Å². The number of benzene rings is 1. The summed E-state index contributed by atoms with van der Waals surface area (Å²) in [6.07, 6.45) is 1.38. The van der Waals surface area contributed by atoms with Gasteiger partial charge in [0, 0.05) is 5.46 Å². The zero-order valence-electron chi connectivity index (χ0n) is 14.2. The van der Waals surface area contributed by atoms with Crippen LogP contribution in [0, 0.1) is 5.82 Å². The Labute approximate surface area is 136 Å². The van der Waals surface area contributed by atoms with E-state index in [0.717, 1.165) is 0 Å². The van der Waals surface area contributed by atoms with Gasteiger partial charge in [-0.05, 0) is 52.2 Å². The lowest BCUT2D eigenvalue weighted by atomic mass is 9.77. The number of halogens is 1. The minimum atomic E-state index is -0.748. The van der Waals surface area contributed by atoms with Gasteiger partial charge in [0.2, 0.25) is 0 Å². The molecule has 0 atom stereocenters. The van der Waals surface area contributed by atoms with Gasteiger partial charge < -0.3 is 14.0 Å². The second kappa shape index (κ2) is 5.05. The van der Waals surface area contributed by atoms with Crippen molar-refractivity contribution in [3.8, 4) is 0 Å². The van der Waals surface area contributed by atoms with Crippen molar-refractivity contribution in [1.29, 1.82) is 0 Å². The lowest BCUT2D eigenvalue weighted by molar-refractivity contribution is -0.143. The van der Waals surface area contributed by atoms with Crippen molar-refractivity contribution in [2.24, 2.45) is 0 Å². The van der Waals surface area contributed by atoms with Crippen LogP contribution in [-0.2, 0) is 24.3 Å². The fourth-order valence-electron chi connectivity index (χ4n) is 2.92. The molecular weight excluding hydrogens is 298 g/mol. The first kappa shape index (κ1) is 16.5. The third-order valence-corrected chi connectivity index (χ3v) is 5.39. The number of rotatable bonds is 3. The highest BCUT2D eigenvalue weighted by atomic mass is 19.1. The molecule has 1 aromatic rings. The van der Waals surface area contributed by atoms with Crippen molar-refractivity contribution in [2.75, 3.05) is 7.11 Å². The molecule has 0 spiro atoms. The van der Waals surface area contributed by atoms with Crippen LogP contribution in [0.5, 0.6) is 0 Å². The van der Waals surface area contributed by atoms with E-state index in [-0.39, 0.29) is 5.97 Å². The van der Waals surface area contributed by atoms with Gasteiger partial charge in [0.15, 0.2) is 0 Å². The summed E-state index contributed by atoms with van der Waals surface area (Å²) in [5.41, 5.74) is -0.710. The number of esters is 1. The molecule has 1 saturated heterocycles. The summed E-state index contributed by atoms with van der Waals surface area (Å²) in [7, 11) is 0.611. The van der Waals surface area contributed by atoms with Crippen LogP contribution in [0.2, 0.25) is 0 Å². The minimum absolute atomic E-state index is 0.305. The summed E-state index contributed by atoms with van der Waals surface area (Å²) < 4.78 is 31.2. The maximum Gasteiger partial charge on any atom is 0.497 e. The zero-order valence-corrected chi connectivity index (χ0v) is 14.2. The van der Waals surface area contributed by atoms with Gasteiger partial charge in [0.05, 0.1) is 23.7 Å². The molecule has 0 unspecified atom stereocenters. The van der Waals surface area contributed by atoms with Gasteiger partial charge in [-0.1, -0.05) is 12.1 Å². The molecule has 0 aromatic heterocycles. The second-order valence-corrected chi connectivity index (χ2v) is 7.40. The molecular formula is C17H22BFO4. The van der Waals surface area contributed by atoms with Crippen LogP contribution < -0.4 is 5.46 Å². The summed E-state index contributed by atoms with van der Waals surface area (Å²) in [4.78, 5) is 11.9. The summed E-state index contributed by atoms with van der Waals surface area (Å²) in [6.45, 7) is 7.71. The molecule has 2 fully saturated rings. The Bertz CT molecular complexity index is 636. The number of carbonyl (C=O) groups is 1. The topological polar surface area (TPSA) is 44.8 Å². The number of methoxy groups -OCH3 is 1. The molecule has 1 aliphatic carbocycles. The lowest BCUT2D eigenvalue weighted by Crippen LogP contribution is -2.41. The molecule has 1 aliphatic heterocycles. The van der Waals surface area contributed by atoms with Crippen molar-refractivity contribution in [3.63, 3.8) is 0 Å². The molecule has 1 heterocycles. The Morgan fingerprint density at radius 2 is 1.74 bits per heavy atom. The minimum Gasteiger partial charge on any atom is -0.468 e. The molecule has 1 aromatic carbocycles. The number of hydrogen-bond donors (Lipinski definition) is 0. The fourth-order valence-corrected chi connectivity index (χ4v) is 2.92. The van der Waals surface area contributed by atoms with Crippen LogP contribution in [0.25, 0.3) is 0 Å². The molecule has 4 nitrogen and oxygen atoms in total. The predicted octanol–water partition coefficient (Wildman–Crippen LogP) is 2.33. The molecule has 3 rings (SSSR count). The lowest BCUT2D eigenvalue weighted by Gasteiger charge is -2.32. The van der Waals surface area contributed by atoms with Crippen molar-refractivity contribution in [2.45, 2.75) is 57.2 Å². The average Bonchev–Trinajstić information content (AvgIpc) is 3.22. The van der Waals surface area contributed by atoms with E-state index in [1.807, 2.05) is 27.7 Å². The molecule has 1 saturated carbocycles. The van der Waals surface area contributed by atoms with Gasteiger partial charge in [-0.15, -0.1) is 0 Å². The third-order valence-electron chi connectivity index (χ3n) is 5.39. The summed E-state index contributed by atoms with van der Waals surface area (Å²) in [5, 5.41) is 0. The maximum absolute atomic E-state index is 14.6. The van der Waals surface area contributed by atoms with Crippen molar-refractivity contribution >= 4 is 18.6 Å². The van der Waals surface area contributed by atoms with E-state index in [4.69, 9.17) is 14.0 Å². The Morgan fingerprint density at radius 1 is 1.17 bits per heavy atom. The summed E-state index contributed by atoms with van der Waals surface area (Å²) >= 11 is 0. The van der Waals surface area contributed by atoms with E-state index in [0.29, 0.717) is 23.9 Å². The van der Waals surface area contributed by atoms with Crippen molar-refractivity contribution < 1.29 is 23.2 Å². The average molecular weight is 320 g/mol. The highest BCUT2D eigenvalue weighted by Crippen LogP contribution is 2.49. The quantitative estimate of drug-likeness (QED) is 0.633. The van der Waals surface area contributed by atoms with E-state index >= 15 is 0 Å². The van der Waals surface area contributed by atoms with E-state index in [9.17, 15) is 9.18 Å². The molecule has 0 N–H and O–H groups in total. The Balaban J connectivity index is 1.89. The largest absolute Gasteiger partial charge is 0.497 e. The number of hydrogen-bond acceptors (Lipinski definition) is 4. The first-order valence-corrected chi connectivity index (χ1v) is 7.87. The summed E-state index contributed by atoms with van der Waals surface area (Å²) in [6, 6.07) is 4.83.